The quantitative estimate of drug-likeness (QED) is 0.0153. The Morgan fingerprint density at radius 1 is 0.514 bits per heavy atom. The summed E-state index contributed by atoms with van der Waals surface area (Å²) in [6.07, 6.45) is 6.09. The lowest BCUT2D eigenvalue weighted by atomic mass is 10.00. The Hall–Kier alpha value is -14.2. The Balaban J connectivity index is 1.08. The van der Waals surface area contributed by atoms with Crippen LogP contribution in [0.2, 0.25) is 0 Å². The number of aromatic amines is 3. The molecule has 0 saturated carbocycles. The Morgan fingerprint density at radius 2 is 1.02 bits per heavy atom. The molecule has 45 nitrogen and oxygen atoms in total. The molecule has 3 aliphatic heterocycles. The molecule has 3 aromatic carbocycles. The first-order chi connectivity index (χ1) is 66.7. The zero-order valence-electron chi connectivity index (χ0n) is 80.2. The molecule has 3 fully saturated rings. The van der Waals surface area contributed by atoms with E-state index in [1.165, 1.54) is 76.7 Å². The van der Waals surface area contributed by atoms with Crippen LogP contribution < -0.4 is 81.0 Å². The fourth-order valence-electron chi connectivity index (χ4n) is 17.2. The number of imidazole rings is 1. The van der Waals surface area contributed by atoms with Gasteiger partial charge in [-0.1, -0.05) is 102 Å². The van der Waals surface area contributed by atoms with Crippen LogP contribution in [0, 0.1) is 11.3 Å². The third kappa shape index (κ3) is 30.6. The van der Waals surface area contributed by atoms with E-state index in [1.54, 1.807) is 74.8 Å². The van der Waals surface area contributed by atoms with Crippen molar-refractivity contribution in [1.82, 2.24) is 108 Å². The lowest BCUT2D eigenvalue weighted by Gasteiger charge is -2.36. The summed E-state index contributed by atoms with van der Waals surface area (Å²) in [4.78, 5) is 283. The van der Waals surface area contributed by atoms with Crippen molar-refractivity contribution in [2.45, 2.75) is 248 Å². The van der Waals surface area contributed by atoms with Crippen molar-refractivity contribution in [3.8, 4) is 5.75 Å². The topological polar surface area (TPSA) is 670 Å². The number of hydrogen-bond acceptors (Lipinski definition) is 23. The number of nitrogens with one attached hydrogen (secondary N) is 16. The highest BCUT2D eigenvalue weighted by Gasteiger charge is 2.46. The summed E-state index contributed by atoms with van der Waals surface area (Å²) in [6.45, 7) is 7.92. The summed E-state index contributed by atoms with van der Waals surface area (Å²) in [5, 5.41) is 62.4. The van der Waals surface area contributed by atoms with Crippen molar-refractivity contribution < 1.29 is 96.5 Å². The number of aromatic hydroxyl groups is 1. The molecular weight excluding hydrogens is 1830 g/mol. The molecule has 46 heteroatoms. The molecule has 0 spiro atoms. The number of carbonyl (C=O) groups is 18. The number of amides is 18. The van der Waals surface area contributed by atoms with Crippen LogP contribution in [0.1, 0.15) is 154 Å². The molecule has 6 heterocycles. The van der Waals surface area contributed by atoms with Gasteiger partial charge in [-0.25, -0.2) is 4.98 Å². The normalized spacial score (nSPS) is 24.5. The van der Waals surface area contributed by atoms with Gasteiger partial charge in [-0.2, -0.15) is 0 Å². The van der Waals surface area contributed by atoms with Gasteiger partial charge in [0.2, 0.25) is 106 Å². The second kappa shape index (κ2) is 52.5. The first-order valence-electron chi connectivity index (χ1n) is 47.1. The molecule has 140 heavy (non-hydrogen) atoms. The maximum absolute atomic E-state index is 15.8. The summed E-state index contributed by atoms with van der Waals surface area (Å²) in [7, 11) is 3.91. The minimum Gasteiger partial charge on any atom is -0.508 e. The first-order valence-corrected chi connectivity index (χ1v) is 48.3. The molecular formula is C94H133N25O20S. The minimum absolute atomic E-state index is 0.000404. The number of aliphatic hydroxyl groups is 1. The van der Waals surface area contributed by atoms with Crippen molar-refractivity contribution in [1.29, 1.82) is 5.41 Å². The average Bonchev–Trinajstić information content (AvgIpc) is 1.23. The Labute approximate surface area is 814 Å². The molecule has 0 unspecified atom stereocenters. The largest absolute Gasteiger partial charge is 0.508 e. The molecule has 3 aliphatic rings. The maximum Gasteiger partial charge on any atom is 0.246 e. The molecule has 0 bridgehead atoms. The molecule has 760 valence electrons. The number of carbonyl (C=O) groups excluding carboxylic acids is 18. The third-order valence-electron chi connectivity index (χ3n) is 25.0. The first kappa shape index (κ1) is 109. The van der Waals surface area contributed by atoms with Gasteiger partial charge in [0.15, 0.2) is 5.96 Å². The summed E-state index contributed by atoms with van der Waals surface area (Å²) in [5.41, 5.74) is 19.8. The standard InChI is InChI=1S/C94H133N25O20S/c1-10-12-26-72-86(132)107-63(25-18-34-100-94(97)98)82(128)114-71(81(127)103-46-77(96)123)48-140-49-78(124)106-67(38-54-30-32-58(121)33-31-54)89(135)115(7)53(6)80(126)111-69(42-76(95)122)92(138)119-36-20-29-74(119)88(134)109-65(41-57-45-99-50-104-57)83(129)105-52(5)79(125)110-66(37-51(3)4)91(137)118-35-19-28-73(118)87(133)108-64(39-55-43-101-61-23-16-14-21-59(55)61)84(130)113-70(47-120)85(131)112-68(40-56-44-102-62-24-17-15-22-60(56)62)90(136)117(9)75(27-13-11-2)93(139)116(72)8/h14-17,21-24,30-33,43-45,50-53,63-75,101-102,120-121H,10-13,18-20,25-29,34-42,46-49H2,1-9H3,(H2,95,122)(H2,96,123)(H,99,104)(H,103,127)(H,105,129)(H,106,124)(H,107,132)(H,108,133)(H,109,134)(H,110,125)(H,111,126)(H,112,131)(H,113,130)(H,114,128)(H4,97,98,100)/t52-,53-,63-,64-,65-,66-,67-,68-,69-,70-,71-,72-,73-,74-,75-/m0/s1. The van der Waals surface area contributed by atoms with Crippen molar-refractivity contribution in [2.75, 3.05) is 65.4 Å². The number of aliphatic hydroxyl groups excluding tert-OH is 1. The van der Waals surface area contributed by atoms with E-state index in [2.05, 4.69) is 83.7 Å². The second-order valence-corrected chi connectivity index (χ2v) is 37.0. The van der Waals surface area contributed by atoms with Gasteiger partial charge in [-0.15, -0.1) is 11.8 Å². The number of phenolic OH excluding ortho intramolecular Hbond substituents is 1. The highest BCUT2D eigenvalue weighted by atomic mass is 32.2. The van der Waals surface area contributed by atoms with E-state index in [4.69, 9.17) is 22.6 Å². The number of H-pyrrole nitrogens is 3. The van der Waals surface area contributed by atoms with Crippen molar-refractivity contribution in [3.05, 3.63) is 120 Å². The fourth-order valence-corrected chi connectivity index (χ4v) is 18.0. The summed E-state index contributed by atoms with van der Waals surface area (Å²) in [6, 6.07) is -2.95. The highest BCUT2D eigenvalue weighted by Crippen LogP contribution is 2.28. The number of phenols is 1. The van der Waals surface area contributed by atoms with Crippen LogP contribution in [0.3, 0.4) is 0 Å². The lowest BCUT2D eigenvalue weighted by molar-refractivity contribution is -0.149. The summed E-state index contributed by atoms with van der Waals surface area (Å²) >= 11 is 0.757. The zero-order chi connectivity index (χ0) is 102. The van der Waals surface area contributed by atoms with Gasteiger partial charge in [0, 0.05) is 113 Å². The van der Waals surface area contributed by atoms with Gasteiger partial charge in [-0.3, -0.25) is 91.7 Å². The summed E-state index contributed by atoms with van der Waals surface area (Å²) in [5.74, 6) is -18.4. The fraction of sp³-hybridized carbons (Fsp3) is 0.532. The maximum atomic E-state index is 15.8. The van der Waals surface area contributed by atoms with E-state index < -0.39 is 234 Å². The van der Waals surface area contributed by atoms with Crippen LogP contribution in [0.25, 0.3) is 21.8 Å². The van der Waals surface area contributed by atoms with Crippen molar-refractivity contribution in [2.24, 2.45) is 23.1 Å². The number of primary amides is 2. The number of thioether (sulfide) groups is 1. The third-order valence-corrected chi connectivity index (χ3v) is 26.1. The number of fused-ring (bicyclic) bond motifs is 4. The van der Waals surface area contributed by atoms with E-state index in [1.807, 2.05) is 13.8 Å². The van der Waals surface area contributed by atoms with E-state index in [0.29, 0.717) is 64.2 Å². The SMILES string of the molecule is CCCC[C@H]1C(=O)N(C)[C@@H](CCCC)C(=O)N[C@@H](CCCNC(=N)N)C(=O)N[C@H](C(=O)NCC(N)=O)CSCC(=O)N[C@@H](Cc2ccc(O)cc2)C(=O)N(C)[C@@H](C)C(=O)N[C@@H](CC(N)=O)C(=O)N2CCC[C@H]2C(=O)N[C@@H](Cc2c[nH]cn2)C(=O)N[C@@H](C)C(=O)N[C@@H](CC(C)C)C(=O)N2CCC[C@H]2C(=O)N[C@@H](Cc2c[nH]c3ccccc23)C(=O)N[C@@H](CO)C(=O)N[C@@H](Cc2c[nH]c3ccccc23)C(=O)N1C. The Kier molecular flexibility index (Phi) is 41.1. The van der Waals surface area contributed by atoms with Crippen molar-refractivity contribution in [3.63, 3.8) is 0 Å². The molecule has 3 saturated heterocycles. The Morgan fingerprint density at radius 3 is 1.59 bits per heavy atom. The van der Waals surface area contributed by atoms with Crippen LogP contribution in [-0.2, 0) is 112 Å². The van der Waals surface area contributed by atoms with Crippen LogP contribution in [0.4, 0.5) is 0 Å². The number of para-hydroxylation sites is 2. The zero-order valence-corrected chi connectivity index (χ0v) is 81.0. The van der Waals surface area contributed by atoms with Crippen LogP contribution >= 0.6 is 11.8 Å². The highest BCUT2D eigenvalue weighted by molar-refractivity contribution is 8.00. The number of aromatic nitrogens is 4. The van der Waals surface area contributed by atoms with Crippen LogP contribution in [-0.4, -0.2) is 323 Å². The second-order valence-electron chi connectivity index (χ2n) is 36.0. The number of hydrogen-bond donors (Lipinski definition) is 21. The summed E-state index contributed by atoms with van der Waals surface area (Å²) < 4.78 is 0. The molecule has 24 N–H and O–H groups in total. The van der Waals surface area contributed by atoms with Crippen molar-refractivity contribution >= 4 is 146 Å². The van der Waals surface area contributed by atoms with Crippen LogP contribution in [0.15, 0.2) is 97.7 Å². The van der Waals surface area contributed by atoms with E-state index in [-0.39, 0.29) is 120 Å². The molecule has 0 radical (unpaired) electrons. The van der Waals surface area contributed by atoms with E-state index in [9.17, 15) is 63.0 Å². The minimum atomic E-state index is -1.86. The monoisotopic (exact) mass is 1960 g/mol. The average molecular weight is 1970 g/mol. The smallest absolute Gasteiger partial charge is 0.246 e. The van der Waals surface area contributed by atoms with Gasteiger partial charge < -0.3 is 131 Å². The van der Waals surface area contributed by atoms with E-state index >= 15 is 33.6 Å². The van der Waals surface area contributed by atoms with Crippen LogP contribution in [0.5, 0.6) is 5.75 Å². The number of likely N-dealkylation sites (N-methyl/N-ethyl adjacent to an activating group) is 3. The molecule has 6 aromatic rings. The molecule has 15 atom stereocenters. The number of nitrogens with two attached hydrogens (primary N) is 3. The van der Waals surface area contributed by atoms with Gasteiger partial charge in [0.1, 0.15) is 96.4 Å². The van der Waals surface area contributed by atoms with Gasteiger partial charge >= 0.3 is 0 Å². The molecule has 18 amide bonds. The van der Waals surface area contributed by atoms with Gasteiger partial charge in [0.25, 0.3) is 0 Å². The number of benzene rings is 3. The predicted molar refractivity (Wildman–Crippen MR) is 516 cm³/mol. The van der Waals surface area contributed by atoms with Gasteiger partial charge in [-0.05, 0) is 119 Å². The number of rotatable bonds is 26. The van der Waals surface area contributed by atoms with E-state index in [0.717, 1.165) is 31.4 Å². The molecule has 3 aromatic heterocycles. The van der Waals surface area contributed by atoms with Gasteiger partial charge in [0.05, 0.1) is 37.3 Å². The Bertz CT molecular complexity index is 5400. The lowest BCUT2D eigenvalue weighted by Crippen LogP contribution is -2.61. The number of guanidine groups is 1. The number of nitrogens with zero attached hydrogens (tertiary/aromatic N) is 6. The number of unbranched alkanes of at least 4 members (excludes halogenated alkanes) is 2. The predicted octanol–water partition coefficient (Wildman–Crippen LogP) is -2.39. The molecule has 0 aliphatic carbocycles. The molecule has 9 rings (SSSR count).